The predicted molar refractivity (Wildman–Crippen MR) is 135 cm³/mol. The maximum Gasteiger partial charge on any atom is 0.417 e. The van der Waals surface area contributed by atoms with Gasteiger partial charge in [-0.3, -0.25) is 0 Å². The minimum atomic E-state index is -5.08. The van der Waals surface area contributed by atoms with E-state index in [1.54, 1.807) is 11.0 Å². The van der Waals surface area contributed by atoms with E-state index < -0.39 is 65.6 Å². The van der Waals surface area contributed by atoms with Gasteiger partial charge in [0.1, 0.15) is 0 Å². The highest BCUT2D eigenvalue weighted by Gasteiger charge is 2.39. The van der Waals surface area contributed by atoms with Gasteiger partial charge in [-0.2, -0.15) is 22.0 Å². The van der Waals surface area contributed by atoms with E-state index in [1.165, 1.54) is 36.4 Å². The zero-order chi connectivity index (χ0) is 29.3. The highest BCUT2D eigenvalue weighted by Crippen LogP contribution is 2.37. The summed E-state index contributed by atoms with van der Waals surface area (Å²) < 4.78 is 135. The van der Waals surface area contributed by atoms with Crippen LogP contribution in [-0.4, -0.2) is 42.6 Å². The number of nitrogens with zero attached hydrogens (tertiary/aromatic N) is 1. The summed E-state index contributed by atoms with van der Waals surface area (Å²) in [5.41, 5.74) is -1.45. The summed E-state index contributed by atoms with van der Waals surface area (Å²) in [6.45, 7) is -1.34. The second-order valence-electron chi connectivity index (χ2n) is 9.24. The van der Waals surface area contributed by atoms with Crippen molar-refractivity contribution in [3.63, 3.8) is 0 Å². The molecule has 0 atom stereocenters. The van der Waals surface area contributed by atoms with E-state index in [0.717, 1.165) is 18.2 Å². The average Bonchev–Trinajstić information content (AvgIpc) is 2.93. The molecule has 14 heteroatoms. The molecule has 0 bridgehead atoms. The largest absolute Gasteiger partial charge is 0.417 e. The number of sulfonamides is 1. The summed E-state index contributed by atoms with van der Waals surface area (Å²) in [5.74, 6) is -3.61. The second-order valence-corrected chi connectivity index (χ2v) is 12.9. The number of alkyl halides is 6. The summed E-state index contributed by atoms with van der Waals surface area (Å²) in [6, 6.07) is 12.8. The van der Waals surface area contributed by atoms with E-state index in [-0.39, 0.29) is 30.8 Å². The van der Waals surface area contributed by atoms with E-state index in [1.807, 2.05) is 0 Å². The Hall–Kier alpha value is -3.10. The van der Waals surface area contributed by atoms with Crippen molar-refractivity contribution < 1.29 is 43.2 Å². The van der Waals surface area contributed by atoms with Crippen molar-refractivity contribution in [2.24, 2.45) is 0 Å². The molecular weight excluding hydrogens is 582 g/mol. The first-order valence-electron chi connectivity index (χ1n) is 12.0. The van der Waals surface area contributed by atoms with E-state index in [9.17, 15) is 43.2 Å². The molecule has 1 aliphatic rings. The van der Waals surface area contributed by atoms with Crippen molar-refractivity contribution in [2.75, 3.05) is 24.7 Å². The number of rotatable bonds is 8. The Morgan fingerprint density at radius 3 is 1.95 bits per heavy atom. The fourth-order valence-electron chi connectivity index (χ4n) is 4.39. The fraction of sp³-hybridized carbons (Fsp3) is 0.308. The molecule has 40 heavy (non-hydrogen) atoms. The lowest BCUT2D eigenvalue weighted by atomic mass is 10.0. The molecule has 6 nitrogen and oxygen atoms in total. The van der Waals surface area contributed by atoms with Crippen LogP contribution in [0.3, 0.4) is 0 Å². The highest BCUT2D eigenvalue weighted by atomic mass is 32.2. The van der Waals surface area contributed by atoms with Crippen molar-refractivity contribution in [3.8, 4) is 0 Å². The van der Waals surface area contributed by atoms with Crippen LogP contribution < -0.4 is 9.62 Å². The van der Waals surface area contributed by atoms with Crippen LogP contribution >= 0.6 is 0 Å². The Morgan fingerprint density at radius 1 is 0.800 bits per heavy atom. The summed E-state index contributed by atoms with van der Waals surface area (Å²) in [7, 11) is -9.12. The molecule has 0 saturated carbocycles. The number of piperidine rings is 1. The molecule has 3 aromatic rings. The molecule has 1 N–H and O–H groups in total. The summed E-state index contributed by atoms with van der Waals surface area (Å²) in [6.07, 6.45) is -4.73. The molecule has 0 amide bonds. The summed E-state index contributed by atoms with van der Waals surface area (Å²) in [4.78, 5) is -0.247. The first-order chi connectivity index (χ1) is 18.6. The average molecular weight is 607 g/mol. The number of hydrogen-bond acceptors (Lipinski definition) is 5. The minimum Gasteiger partial charge on any atom is -0.371 e. The van der Waals surface area contributed by atoms with Gasteiger partial charge in [0, 0.05) is 30.4 Å². The van der Waals surface area contributed by atoms with Crippen molar-refractivity contribution >= 4 is 25.5 Å². The maximum absolute atomic E-state index is 13.8. The second kappa shape index (κ2) is 11.1. The third-order valence-corrected chi connectivity index (χ3v) is 9.88. The third kappa shape index (κ3) is 6.28. The van der Waals surface area contributed by atoms with Crippen molar-refractivity contribution in [2.45, 2.75) is 45.7 Å². The van der Waals surface area contributed by atoms with Crippen LogP contribution in [0.1, 0.15) is 24.0 Å². The van der Waals surface area contributed by atoms with Crippen LogP contribution in [-0.2, 0) is 32.0 Å². The molecule has 216 valence electrons. The van der Waals surface area contributed by atoms with Gasteiger partial charge >= 0.3 is 12.1 Å². The molecule has 0 radical (unpaired) electrons. The molecule has 1 heterocycles. The Balaban J connectivity index is 1.54. The monoisotopic (exact) mass is 606 g/mol. The van der Waals surface area contributed by atoms with Gasteiger partial charge in [-0.1, -0.05) is 30.3 Å². The summed E-state index contributed by atoms with van der Waals surface area (Å²) >= 11 is 0. The van der Waals surface area contributed by atoms with Crippen molar-refractivity contribution in [1.82, 2.24) is 4.72 Å². The van der Waals surface area contributed by atoms with Gasteiger partial charge in [0.05, 0.1) is 20.2 Å². The van der Waals surface area contributed by atoms with Gasteiger partial charge in [-0.25, -0.2) is 25.9 Å². The molecule has 0 spiro atoms. The number of nitrogens with one attached hydrogen (secondary N) is 1. The highest BCUT2D eigenvalue weighted by molar-refractivity contribution is 7.91. The van der Waals surface area contributed by atoms with Gasteiger partial charge in [-0.05, 0) is 55.3 Å². The Labute approximate surface area is 227 Å². The minimum absolute atomic E-state index is 0.172. The van der Waals surface area contributed by atoms with Gasteiger partial charge in [0.25, 0.3) is 0 Å². The van der Waals surface area contributed by atoms with Crippen LogP contribution in [0.25, 0.3) is 0 Å². The van der Waals surface area contributed by atoms with E-state index in [0.29, 0.717) is 17.8 Å². The van der Waals surface area contributed by atoms with Crippen LogP contribution in [0.15, 0.2) is 87.5 Å². The summed E-state index contributed by atoms with van der Waals surface area (Å²) in [5, 5.41) is 0. The van der Waals surface area contributed by atoms with Gasteiger partial charge < -0.3 is 4.90 Å². The predicted octanol–water partition coefficient (Wildman–Crippen LogP) is 5.55. The number of hydrogen-bond donors (Lipinski definition) is 1. The Morgan fingerprint density at radius 2 is 1.40 bits per heavy atom. The fourth-order valence-corrected chi connectivity index (χ4v) is 7.33. The van der Waals surface area contributed by atoms with Crippen molar-refractivity contribution in [1.29, 1.82) is 0 Å². The zero-order valence-electron chi connectivity index (χ0n) is 20.7. The molecule has 0 unspecified atom stereocenters. The zero-order valence-corrected chi connectivity index (χ0v) is 22.3. The van der Waals surface area contributed by atoms with Crippen LogP contribution in [0.5, 0.6) is 0 Å². The van der Waals surface area contributed by atoms with Crippen LogP contribution in [0.4, 0.5) is 32.0 Å². The van der Waals surface area contributed by atoms with Gasteiger partial charge in [-0.15, -0.1) is 0 Å². The SMILES string of the molecule is O=S(=O)(NC1CCN(c2ccc(C(F)(F)CF)cc2)CC1)c1cc(S(=O)(=O)c2ccccc2)ccc1C(F)(F)F. The van der Waals surface area contributed by atoms with Crippen LogP contribution in [0.2, 0.25) is 0 Å². The molecule has 1 aliphatic heterocycles. The normalized spacial score (nSPS) is 15.8. The first-order valence-corrected chi connectivity index (χ1v) is 14.9. The van der Waals surface area contributed by atoms with Crippen molar-refractivity contribution in [3.05, 3.63) is 83.9 Å². The smallest absolute Gasteiger partial charge is 0.371 e. The molecule has 0 aliphatic carbocycles. The lowest BCUT2D eigenvalue weighted by Crippen LogP contribution is -2.45. The molecule has 1 saturated heterocycles. The number of benzene rings is 3. The third-order valence-electron chi connectivity index (χ3n) is 6.55. The number of sulfone groups is 1. The quantitative estimate of drug-likeness (QED) is 0.340. The first kappa shape index (κ1) is 29.9. The number of halogens is 6. The van der Waals surface area contributed by atoms with Gasteiger partial charge in [0.2, 0.25) is 19.9 Å². The maximum atomic E-state index is 13.8. The number of anilines is 1. The van der Waals surface area contributed by atoms with E-state index >= 15 is 0 Å². The molecular formula is C26H24F6N2O4S2. The topological polar surface area (TPSA) is 83.6 Å². The molecule has 1 fully saturated rings. The molecule has 0 aromatic heterocycles. The standard InChI is InChI=1S/C26H24F6N2O4S2/c27-17-25(28,29)18-6-8-20(9-7-18)34-14-12-19(13-15-34)33-40(37,38)24-16-22(10-11-23(24)26(30,31)32)39(35,36)21-4-2-1-3-5-21/h1-11,16,19,33H,12-15,17H2. The lowest BCUT2D eigenvalue weighted by molar-refractivity contribution is -0.139. The molecule has 4 rings (SSSR count). The van der Waals surface area contributed by atoms with E-state index in [2.05, 4.69) is 4.72 Å². The van der Waals surface area contributed by atoms with Crippen LogP contribution in [0, 0.1) is 0 Å². The molecule has 3 aromatic carbocycles. The van der Waals surface area contributed by atoms with E-state index in [4.69, 9.17) is 0 Å². The lowest BCUT2D eigenvalue weighted by Gasteiger charge is -2.34. The Bertz CT molecular complexity index is 1550. The Kier molecular flexibility index (Phi) is 8.25. The van der Waals surface area contributed by atoms with Gasteiger partial charge in [0.15, 0.2) is 6.67 Å².